The van der Waals surface area contributed by atoms with Crippen LogP contribution in [-0.4, -0.2) is 122 Å². The average molecular weight is 370 g/mol. The zero-order valence-electron chi connectivity index (χ0n) is 19.0. The molecular formula is C21H47N5. The Kier molecular flexibility index (Phi) is 11.3. The van der Waals surface area contributed by atoms with Crippen molar-refractivity contribution in [3.05, 3.63) is 0 Å². The Morgan fingerprint density at radius 2 is 1.00 bits per heavy atom. The first kappa shape index (κ1) is 23.8. The molecule has 0 atom stereocenters. The summed E-state index contributed by atoms with van der Waals surface area (Å²) in [5.74, 6) is 0. The van der Waals surface area contributed by atoms with Crippen molar-refractivity contribution < 1.29 is 0 Å². The van der Waals surface area contributed by atoms with Gasteiger partial charge in [-0.05, 0) is 55.6 Å². The van der Waals surface area contributed by atoms with Gasteiger partial charge in [0.15, 0.2) is 0 Å². The van der Waals surface area contributed by atoms with E-state index >= 15 is 0 Å². The summed E-state index contributed by atoms with van der Waals surface area (Å²) in [7, 11) is 4.47. The Morgan fingerprint density at radius 1 is 0.577 bits per heavy atom. The Labute approximate surface area is 164 Å². The molecule has 0 radical (unpaired) electrons. The third-order valence-electron chi connectivity index (χ3n) is 6.17. The van der Waals surface area contributed by atoms with Gasteiger partial charge in [0.2, 0.25) is 0 Å². The normalized spacial score (nSPS) is 17.8. The Morgan fingerprint density at radius 3 is 1.42 bits per heavy atom. The van der Waals surface area contributed by atoms with Gasteiger partial charge in [-0.3, -0.25) is 14.7 Å². The van der Waals surface area contributed by atoms with E-state index in [2.05, 4.69) is 80.1 Å². The lowest BCUT2D eigenvalue weighted by Crippen LogP contribution is -2.51. The van der Waals surface area contributed by atoms with Crippen LogP contribution in [0.2, 0.25) is 0 Å². The van der Waals surface area contributed by atoms with Crippen LogP contribution in [-0.2, 0) is 0 Å². The van der Waals surface area contributed by atoms with E-state index in [0.29, 0.717) is 18.1 Å². The third kappa shape index (κ3) is 9.14. The lowest BCUT2D eigenvalue weighted by molar-refractivity contribution is 0.0984. The number of piperazine rings is 1. The lowest BCUT2D eigenvalue weighted by Gasteiger charge is -2.37. The molecule has 0 amide bonds. The SMILES string of the molecule is CC(C)N(C)CCN1CCN(CCN(CCN(C)C(C)C)C(C)C)CC1. The fraction of sp³-hybridized carbons (Fsp3) is 1.00. The molecule has 0 saturated carbocycles. The molecule has 0 spiro atoms. The molecule has 0 aromatic rings. The van der Waals surface area contributed by atoms with E-state index in [4.69, 9.17) is 0 Å². The zero-order chi connectivity index (χ0) is 19.7. The van der Waals surface area contributed by atoms with Gasteiger partial charge in [-0.15, -0.1) is 0 Å². The summed E-state index contributed by atoms with van der Waals surface area (Å²) in [4.78, 5) is 12.8. The highest BCUT2D eigenvalue weighted by atomic mass is 15.3. The lowest BCUT2D eigenvalue weighted by atomic mass is 10.2. The van der Waals surface area contributed by atoms with Crippen molar-refractivity contribution in [2.45, 2.75) is 59.7 Å². The molecule has 0 unspecified atom stereocenters. The van der Waals surface area contributed by atoms with Crippen LogP contribution in [0.1, 0.15) is 41.5 Å². The minimum Gasteiger partial charge on any atom is -0.303 e. The van der Waals surface area contributed by atoms with Crippen LogP contribution in [0.25, 0.3) is 0 Å². The minimum absolute atomic E-state index is 0.628. The maximum atomic E-state index is 2.66. The van der Waals surface area contributed by atoms with Crippen LogP contribution in [0, 0.1) is 0 Å². The Bertz CT molecular complexity index is 350. The van der Waals surface area contributed by atoms with E-state index in [1.807, 2.05) is 0 Å². The minimum atomic E-state index is 0.628. The average Bonchev–Trinajstić information content (AvgIpc) is 2.59. The number of hydrogen-bond acceptors (Lipinski definition) is 5. The predicted octanol–water partition coefficient (Wildman–Crippen LogP) is 1.99. The highest BCUT2D eigenvalue weighted by Crippen LogP contribution is 2.05. The first-order valence-corrected chi connectivity index (χ1v) is 10.8. The van der Waals surface area contributed by atoms with Crippen molar-refractivity contribution in [1.82, 2.24) is 24.5 Å². The monoisotopic (exact) mass is 369 g/mol. The first-order chi connectivity index (χ1) is 12.2. The number of rotatable bonds is 12. The van der Waals surface area contributed by atoms with E-state index < -0.39 is 0 Å². The van der Waals surface area contributed by atoms with Crippen LogP contribution in [0.5, 0.6) is 0 Å². The molecule has 1 heterocycles. The quantitative estimate of drug-likeness (QED) is 0.521. The van der Waals surface area contributed by atoms with E-state index in [1.165, 1.54) is 58.9 Å². The molecular weight excluding hydrogens is 322 g/mol. The smallest absolute Gasteiger partial charge is 0.0113 e. The van der Waals surface area contributed by atoms with Gasteiger partial charge in [-0.25, -0.2) is 0 Å². The molecule has 5 heteroatoms. The second-order valence-corrected chi connectivity index (χ2v) is 8.96. The van der Waals surface area contributed by atoms with E-state index in [-0.39, 0.29) is 0 Å². The standard InChI is InChI=1S/C21H47N5/c1-19(2)22(7)9-11-24-12-14-25(15-13-24)16-18-26(21(5)6)17-10-23(8)20(3)4/h19-21H,9-18H2,1-8H3. The fourth-order valence-corrected chi connectivity index (χ4v) is 3.24. The van der Waals surface area contributed by atoms with Gasteiger partial charge in [-0.1, -0.05) is 0 Å². The summed E-state index contributed by atoms with van der Waals surface area (Å²) in [5, 5.41) is 0. The molecule has 26 heavy (non-hydrogen) atoms. The Balaban J connectivity index is 2.26. The molecule has 5 nitrogen and oxygen atoms in total. The highest BCUT2D eigenvalue weighted by Gasteiger charge is 2.19. The molecule has 1 aliphatic rings. The second kappa shape index (κ2) is 12.3. The molecule has 0 N–H and O–H groups in total. The van der Waals surface area contributed by atoms with Crippen LogP contribution in [0.3, 0.4) is 0 Å². The fourth-order valence-electron chi connectivity index (χ4n) is 3.24. The zero-order valence-corrected chi connectivity index (χ0v) is 19.0. The van der Waals surface area contributed by atoms with Gasteiger partial charge in [0.1, 0.15) is 0 Å². The number of likely N-dealkylation sites (N-methyl/N-ethyl adjacent to an activating group) is 2. The van der Waals surface area contributed by atoms with Gasteiger partial charge >= 0.3 is 0 Å². The summed E-state index contributed by atoms with van der Waals surface area (Å²) in [6.45, 7) is 25.8. The van der Waals surface area contributed by atoms with Gasteiger partial charge in [0, 0.05) is 83.6 Å². The van der Waals surface area contributed by atoms with E-state index in [9.17, 15) is 0 Å². The van der Waals surface area contributed by atoms with Crippen molar-refractivity contribution in [2.75, 3.05) is 79.5 Å². The van der Waals surface area contributed by atoms with Crippen LogP contribution in [0.4, 0.5) is 0 Å². The molecule has 1 saturated heterocycles. The van der Waals surface area contributed by atoms with Crippen molar-refractivity contribution in [3.8, 4) is 0 Å². The molecule has 0 aromatic heterocycles. The second-order valence-electron chi connectivity index (χ2n) is 8.96. The molecule has 1 aliphatic heterocycles. The largest absolute Gasteiger partial charge is 0.303 e. The molecule has 0 bridgehead atoms. The van der Waals surface area contributed by atoms with Crippen LogP contribution in [0.15, 0.2) is 0 Å². The van der Waals surface area contributed by atoms with Gasteiger partial charge < -0.3 is 9.80 Å². The topological polar surface area (TPSA) is 16.2 Å². The highest BCUT2D eigenvalue weighted by molar-refractivity contribution is 4.75. The predicted molar refractivity (Wildman–Crippen MR) is 115 cm³/mol. The summed E-state index contributed by atoms with van der Waals surface area (Å²) < 4.78 is 0. The third-order valence-corrected chi connectivity index (χ3v) is 6.17. The van der Waals surface area contributed by atoms with Crippen molar-refractivity contribution >= 4 is 0 Å². The van der Waals surface area contributed by atoms with Gasteiger partial charge in [0.05, 0.1) is 0 Å². The van der Waals surface area contributed by atoms with Crippen LogP contribution >= 0.6 is 0 Å². The summed E-state index contributed by atoms with van der Waals surface area (Å²) in [6.07, 6.45) is 0. The van der Waals surface area contributed by atoms with Crippen molar-refractivity contribution in [3.63, 3.8) is 0 Å². The number of nitrogens with zero attached hydrogens (tertiary/aromatic N) is 5. The van der Waals surface area contributed by atoms with Gasteiger partial charge in [0.25, 0.3) is 0 Å². The van der Waals surface area contributed by atoms with Crippen molar-refractivity contribution in [2.24, 2.45) is 0 Å². The van der Waals surface area contributed by atoms with E-state index in [0.717, 1.165) is 6.54 Å². The molecule has 156 valence electrons. The first-order valence-electron chi connectivity index (χ1n) is 10.8. The summed E-state index contributed by atoms with van der Waals surface area (Å²) >= 11 is 0. The molecule has 0 aliphatic carbocycles. The number of hydrogen-bond donors (Lipinski definition) is 0. The Hall–Kier alpha value is -0.200. The van der Waals surface area contributed by atoms with Crippen molar-refractivity contribution in [1.29, 1.82) is 0 Å². The molecule has 1 rings (SSSR count). The maximum Gasteiger partial charge on any atom is 0.0113 e. The van der Waals surface area contributed by atoms with E-state index in [1.54, 1.807) is 0 Å². The summed E-state index contributed by atoms with van der Waals surface area (Å²) in [5.41, 5.74) is 0. The van der Waals surface area contributed by atoms with Gasteiger partial charge in [-0.2, -0.15) is 0 Å². The maximum absolute atomic E-state index is 2.66. The van der Waals surface area contributed by atoms with Crippen LogP contribution < -0.4 is 0 Å². The molecule has 1 fully saturated rings. The molecule has 0 aromatic carbocycles. The summed E-state index contributed by atoms with van der Waals surface area (Å²) in [6, 6.07) is 1.91.